The summed E-state index contributed by atoms with van der Waals surface area (Å²) in [5, 5.41) is 2.89. The molecular formula is C21H27N3O3. The molecule has 0 radical (unpaired) electrons. The zero-order valence-electron chi connectivity index (χ0n) is 15.8. The summed E-state index contributed by atoms with van der Waals surface area (Å²) < 4.78 is 10.7. The summed E-state index contributed by atoms with van der Waals surface area (Å²) in [6.07, 6.45) is 8.39. The predicted octanol–water partition coefficient (Wildman–Crippen LogP) is 3.28. The number of carbonyl (C=O) groups is 1. The Hall–Kier alpha value is -2.76. The number of benzene rings is 1. The van der Waals surface area contributed by atoms with Gasteiger partial charge in [-0.25, -0.2) is 0 Å². The van der Waals surface area contributed by atoms with Crippen molar-refractivity contribution in [3.8, 4) is 11.5 Å². The van der Waals surface area contributed by atoms with Gasteiger partial charge < -0.3 is 19.7 Å². The lowest BCUT2D eigenvalue weighted by molar-refractivity contribution is 0.0946. The van der Waals surface area contributed by atoms with Gasteiger partial charge in [0.1, 0.15) is 18.1 Å². The normalized spacial score (nSPS) is 14.3. The Kier molecular flexibility index (Phi) is 6.90. The summed E-state index contributed by atoms with van der Waals surface area (Å²) in [4.78, 5) is 19.0. The van der Waals surface area contributed by atoms with Crippen LogP contribution < -0.4 is 19.7 Å². The molecule has 0 bridgehead atoms. The Morgan fingerprint density at radius 2 is 1.78 bits per heavy atom. The topological polar surface area (TPSA) is 63.7 Å². The molecule has 144 valence electrons. The minimum Gasteiger partial charge on any atom is -0.497 e. The number of ether oxygens (including phenoxy) is 2. The minimum absolute atomic E-state index is 0.127. The van der Waals surface area contributed by atoms with Crippen LogP contribution in [0.4, 0.5) is 5.69 Å². The maximum atomic E-state index is 12.4. The molecule has 1 N–H and O–H groups in total. The largest absolute Gasteiger partial charge is 0.497 e. The second-order valence-electron chi connectivity index (χ2n) is 6.61. The molecule has 1 aliphatic heterocycles. The van der Waals surface area contributed by atoms with Crippen molar-refractivity contribution in [2.45, 2.75) is 25.7 Å². The van der Waals surface area contributed by atoms with Crippen LogP contribution in [-0.2, 0) is 0 Å². The number of hydrogen-bond acceptors (Lipinski definition) is 5. The Labute approximate surface area is 160 Å². The van der Waals surface area contributed by atoms with Gasteiger partial charge in [-0.15, -0.1) is 0 Å². The van der Waals surface area contributed by atoms with Crippen LogP contribution in [0.25, 0.3) is 0 Å². The molecule has 1 fully saturated rings. The number of nitrogens with one attached hydrogen (secondary N) is 1. The van der Waals surface area contributed by atoms with Crippen LogP contribution in [0.2, 0.25) is 0 Å². The summed E-state index contributed by atoms with van der Waals surface area (Å²) in [6, 6.07) is 9.30. The molecule has 2 aromatic rings. The van der Waals surface area contributed by atoms with E-state index in [0.717, 1.165) is 30.3 Å². The van der Waals surface area contributed by atoms with Crippen LogP contribution in [0.15, 0.2) is 42.7 Å². The van der Waals surface area contributed by atoms with Gasteiger partial charge in [0.05, 0.1) is 31.1 Å². The molecule has 1 aromatic heterocycles. The lowest BCUT2D eigenvalue weighted by Crippen LogP contribution is -2.29. The Morgan fingerprint density at radius 3 is 2.48 bits per heavy atom. The first kappa shape index (κ1) is 19.0. The van der Waals surface area contributed by atoms with Crippen LogP contribution in [0.3, 0.4) is 0 Å². The third-order valence-electron chi connectivity index (χ3n) is 4.67. The lowest BCUT2D eigenvalue weighted by Gasteiger charge is -2.22. The number of pyridine rings is 1. The average molecular weight is 369 g/mol. The van der Waals surface area contributed by atoms with E-state index in [1.807, 2.05) is 36.5 Å². The molecule has 0 spiro atoms. The Morgan fingerprint density at radius 1 is 1.07 bits per heavy atom. The van der Waals surface area contributed by atoms with Crippen LogP contribution in [0.5, 0.6) is 11.5 Å². The third-order valence-corrected chi connectivity index (χ3v) is 4.67. The smallest absolute Gasteiger partial charge is 0.253 e. The van der Waals surface area contributed by atoms with Gasteiger partial charge >= 0.3 is 0 Å². The highest BCUT2D eigenvalue weighted by Gasteiger charge is 2.13. The van der Waals surface area contributed by atoms with Crippen LogP contribution >= 0.6 is 0 Å². The van der Waals surface area contributed by atoms with E-state index in [-0.39, 0.29) is 5.91 Å². The first-order valence-corrected chi connectivity index (χ1v) is 9.51. The molecule has 6 heteroatoms. The summed E-state index contributed by atoms with van der Waals surface area (Å²) in [7, 11) is 1.63. The van der Waals surface area contributed by atoms with E-state index < -0.39 is 0 Å². The molecule has 3 rings (SSSR count). The van der Waals surface area contributed by atoms with Gasteiger partial charge in [-0.3, -0.25) is 9.78 Å². The van der Waals surface area contributed by atoms with Gasteiger partial charge in [-0.1, -0.05) is 12.8 Å². The SMILES string of the molecule is COc1ccc(OCCNC(=O)c2cncc(N3CCCCCC3)c2)cc1. The fourth-order valence-corrected chi connectivity index (χ4v) is 3.16. The van der Waals surface area contributed by atoms with E-state index in [4.69, 9.17) is 9.47 Å². The first-order chi connectivity index (χ1) is 13.3. The summed E-state index contributed by atoms with van der Waals surface area (Å²) >= 11 is 0. The lowest BCUT2D eigenvalue weighted by atomic mass is 10.2. The zero-order valence-corrected chi connectivity index (χ0v) is 15.8. The molecule has 1 aromatic carbocycles. The number of rotatable bonds is 7. The number of hydrogen-bond donors (Lipinski definition) is 1. The predicted molar refractivity (Wildman–Crippen MR) is 106 cm³/mol. The number of aromatic nitrogens is 1. The van der Waals surface area contributed by atoms with Crippen molar-refractivity contribution in [1.29, 1.82) is 0 Å². The molecule has 1 aliphatic rings. The second kappa shape index (κ2) is 9.80. The number of amides is 1. The van der Waals surface area contributed by atoms with Gasteiger partial charge in [0, 0.05) is 19.3 Å². The van der Waals surface area contributed by atoms with E-state index >= 15 is 0 Å². The molecule has 1 saturated heterocycles. The molecule has 2 heterocycles. The van der Waals surface area contributed by atoms with Crippen molar-refractivity contribution in [3.05, 3.63) is 48.3 Å². The molecule has 6 nitrogen and oxygen atoms in total. The molecule has 0 aliphatic carbocycles. The Bertz CT molecular complexity index is 726. The fraction of sp³-hybridized carbons (Fsp3) is 0.429. The maximum Gasteiger partial charge on any atom is 0.253 e. The van der Waals surface area contributed by atoms with Crippen molar-refractivity contribution >= 4 is 11.6 Å². The minimum atomic E-state index is -0.127. The van der Waals surface area contributed by atoms with Gasteiger partial charge in [-0.05, 0) is 43.2 Å². The second-order valence-corrected chi connectivity index (χ2v) is 6.61. The van der Waals surface area contributed by atoms with Gasteiger partial charge in [0.25, 0.3) is 5.91 Å². The maximum absolute atomic E-state index is 12.4. The fourth-order valence-electron chi connectivity index (χ4n) is 3.16. The van der Waals surface area contributed by atoms with Gasteiger partial charge in [0.15, 0.2) is 0 Å². The van der Waals surface area contributed by atoms with Crippen LogP contribution in [0.1, 0.15) is 36.0 Å². The van der Waals surface area contributed by atoms with E-state index in [0.29, 0.717) is 18.7 Å². The van der Waals surface area contributed by atoms with Crippen molar-refractivity contribution in [3.63, 3.8) is 0 Å². The van der Waals surface area contributed by atoms with Crippen molar-refractivity contribution < 1.29 is 14.3 Å². The number of nitrogens with zero attached hydrogens (tertiary/aromatic N) is 2. The number of methoxy groups -OCH3 is 1. The summed E-state index contributed by atoms with van der Waals surface area (Å²) in [5.74, 6) is 1.40. The van der Waals surface area contributed by atoms with E-state index in [9.17, 15) is 4.79 Å². The first-order valence-electron chi connectivity index (χ1n) is 9.51. The molecule has 0 saturated carbocycles. The van der Waals surface area contributed by atoms with Crippen molar-refractivity contribution in [2.75, 3.05) is 38.3 Å². The monoisotopic (exact) mass is 369 g/mol. The van der Waals surface area contributed by atoms with E-state index in [1.165, 1.54) is 25.7 Å². The molecular weight excluding hydrogens is 342 g/mol. The zero-order chi connectivity index (χ0) is 18.9. The summed E-state index contributed by atoms with van der Waals surface area (Å²) in [6.45, 7) is 2.89. The summed E-state index contributed by atoms with van der Waals surface area (Å²) in [5.41, 5.74) is 1.61. The number of anilines is 1. The van der Waals surface area contributed by atoms with Crippen LogP contribution in [0, 0.1) is 0 Å². The molecule has 27 heavy (non-hydrogen) atoms. The molecule has 0 unspecified atom stereocenters. The average Bonchev–Trinajstić information content (AvgIpc) is 3.01. The highest BCUT2D eigenvalue weighted by molar-refractivity contribution is 5.94. The molecule has 0 atom stereocenters. The number of carbonyl (C=O) groups excluding carboxylic acids is 1. The van der Waals surface area contributed by atoms with E-state index in [2.05, 4.69) is 15.2 Å². The van der Waals surface area contributed by atoms with Gasteiger partial charge in [-0.2, -0.15) is 0 Å². The third kappa shape index (κ3) is 5.61. The highest BCUT2D eigenvalue weighted by atomic mass is 16.5. The quantitative estimate of drug-likeness (QED) is 0.759. The van der Waals surface area contributed by atoms with Gasteiger partial charge in [0.2, 0.25) is 0 Å². The highest BCUT2D eigenvalue weighted by Crippen LogP contribution is 2.20. The van der Waals surface area contributed by atoms with Crippen molar-refractivity contribution in [1.82, 2.24) is 10.3 Å². The Balaban J connectivity index is 1.48. The van der Waals surface area contributed by atoms with E-state index in [1.54, 1.807) is 13.3 Å². The van der Waals surface area contributed by atoms with Crippen LogP contribution in [-0.4, -0.2) is 44.2 Å². The standard InChI is InChI=1S/C21H27N3O3/c1-26-19-6-8-20(9-7-19)27-13-10-23-21(25)17-14-18(16-22-15-17)24-11-4-2-3-5-12-24/h6-9,14-16H,2-5,10-13H2,1H3,(H,23,25). The van der Waals surface area contributed by atoms with Crippen molar-refractivity contribution in [2.24, 2.45) is 0 Å². The molecule has 1 amide bonds.